The molecule has 2 aliphatic rings. The van der Waals surface area contributed by atoms with E-state index in [0.717, 1.165) is 24.8 Å². The minimum absolute atomic E-state index is 0.152. The standard InChI is InChI=1S/C17H22ClNO2/c1-12-11-19(9-6-15(12)20)16(21)17(7-3-8-17)13-4-2-5-14(18)10-13/h2,4-5,10,12,15,20H,3,6-9,11H2,1H3. The minimum Gasteiger partial charge on any atom is -0.393 e. The van der Waals surface area contributed by atoms with Gasteiger partial charge in [-0.05, 0) is 42.9 Å². The van der Waals surface area contributed by atoms with Crippen molar-refractivity contribution in [3.63, 3.8) is 0 Å². The van der Waals surface area contributed by atoms with E-state index in [1.165, 1.54) is 0 Å². The van der Waals surface area contributed by atoms with Crippen molar-refractivity contribution in [1.29, 1.82) is 0 Å². The number of aliphatic hydroxyl groups is 1. The summed E-state index contributed by atoms with van der Waals surface area (Å²) in [6.45, 7) is 3.33. The number of hydrogen-bond acceptors (Lipinski definition) is 2. The van der Waals surface area contributed by atoms with Crippen LogP contribution in [0.4, 0.5) is 0 Å². The Morgan fingerprint density at radius 3 is 2.76 bits per heavy atom. The number of amides is 1. The van der Waals surface area contributed by atoms with Crippen LogP contribution in [0.1, 0.15) is 38.2 Å². The summed E-state index contributed by atoms with van der Waals surface area (Å²) >= 11 is 6.11. The van der Waals surface area contributed by atoms with Crippen LogP contribution in [-0.2, 0) is 10.2 Å². The minimum atomic E-state index is -0.382. The van der Waals surface area contributed by atoms with Gasteiger partial charge in [-0.15, -0.1) is 0 Å². The molecular formula is C17H22ClNO2. The molecule has 2 fully saturated rings. The van der Waals surface area contributed by atoms with Crippen molar-refractivity contribution in [2.45, 2.75) is 44.1 Å². The summed E-state index contributed by atoms with van der Waals surface area (Å²) in [7, 11) is 0. The maximum atomic E-state index is 13.1. The van der Waals surface area contributed by atoms with Gasteiger partial charge >= 0.3 is 0 Å². The van der Waals surface area contributed by atoms with Gasteiger partial charge in [-0.1, -0.05) is 37.1 Å². The summed E-state index contributed by atoms with van der Waals surface area (Å²) in [6.07, 6.45) is 3.29. The van der Waals surface area contributed by atoms with Gasteiger partial charge in [0, 0.05) is 18.1 Å². The van der Waals surface area contributed by atoms with Crippen molar-refractivity contribution in [2.75, 3.05) is 13.1 Å². The second-order valence-corrected chi connectivity index (χ2v) is 6.97. The average molecular weight is 308 g/mol. The molecule has 4 heteroatoms. The van der Waals surface area contributed by atoms with Crippen molar-refractivity contribution < 1.29 is 9.90 Å². The van der Waals surface area contributed by atoms with Crippen molar-refractivity contribution in [2.24, 2.45) is 5.92 Å². The number of likely N-dealkylation sites (tertiary alicyclic amines) is 1. The molecule has 21 heavy (non-hydrogen) atoms. The van der Waals surface area contributed by atoms with Gasteiger partial charge in [-0.25, -0.2) is 0 Å². The molecule has 0 bridgehead atoms. The first-order valence-electron chi connectivity index (χ1n) is 7.76. The van der Waals surface area contributed by atoms with Crippen LogP contribution in [0.5, 0.6) is 0 Å². The number of carbonyl (C=O) groups excluding carboxylic acids is 1. The molecule has 0 aromatic heterocycles. The second kappa shape index (κ2) is 5.62. The Morgan fingerprint density at radius 2 is 2.19 bits per heavy atom. The molecule has 1 saturated heterocycles. The lowest BCUT2D eigenvalue weighted by Gasteiger charge is -2.46. The molecule has 0 spiro atoms. The molecule has 1 aliphatic heterocycles. The second-order valence-electron chi connectivity index (χ2n) is 6.53. The van der Waals surface area contributed by atoms with E-state index in [1.54, 1.807) is 0 Å². The highest BCUT2D eigenvalue weighted by Crippen LogP contribution is 2.46. The van der Waals surface area contributed by atoms with Crippen LogP contribution in [-0.4, -0.2) is 35.1 Å². The molecule has 1 heterocycles. The van der Waals surface area contributed by atoms with Gasteiger partial charge in [-0.2, -0.15) is 0 Å². The molecular weight excluding hydrogens is 286 g/mol. The normalized spacial score (nSPS) is 28.0. The van der Waals surface area contributed by atoms with Crippen LogP contribution in [0, 0.1) is 5.92 Å². The van der Waals surface area contributed by atoms with Gasteiger partial charge in [0.05, 0.1) is 11.5 Å². The summed E-state index contributed by atoms with van der Waals surface area (Å²) in [5, 5.41) is 10.5. The summed E-state index contributed by atoms with van der Waals surface area (Å²) in [6, 6.07) is 7.72. The van der Waals surface area contributed by atoms with Crippen molar-refractivity contribution in [3.05, 3.63) is 34.9 Å². The van der Waals surface area contributed by atoms with Crippen LogP contribution >= 0.6 is 11.6 Å². The van der Waals surface area contributed by atoms with E-state index in [9.17, 15) is 9.90 Å². The highest BCUT2D eigenvalue weighted by Gasteiger charge is 2.48. The Morgan fingerprint density at radius 1 is 1.43 bits per heavy atom. The Kier molecular flexibility index (Phi) is 3.98. The van der Waals surface area contributed by atoms with E-state index in [4.69, 9.17) is 11.6 Å². The molecule has 1 N–H and O–H groups in total. The average Bonchev–Trinajstić information content (AvgIpc) is 2.40. The van der Waals surface area contributed by atoms with Gasteiger partial charge in [0.25, 0.3) is 0 Å². The first-order valence-corrected chi connectivity index (χ1v) is 8.14. The highest BCUT2D eigenvalue weighted by molar-refractivity contribution is 6.30. The quantitative estimate of drug-likeness (QED) is 0.912. The molecule has 1 aromatic rings. The molecule has 114 valence electrons. The smallest absolute Gasteiger partial charge is 0.233 e. The summed E-state index contributed by atoms with van der Waals surface area (Å²) in [5.41, 5.74) is 0.664. The molecule has 1 aromatic carbocycles. The van der Waals surface area contributed by atoms with Gasteiger partial charge in [0.2, 0.25) is 5.91 Å². The highest BCUT2D eigenvalue weighted by atomic mass is 35.5. The number of aliphatic hydroxyl groups excluding tert-OH is 1. The van der Waals surface area contributed by atoms with E-state index >= 15 is 0 Å². The van der Waals surface area contributed by atoms with Crippen molar-refractivity contribution in [1.82, 2.24) is 4.90 Å². The molecule has 0 radical (unpaired) electrons. The number of rotatable bonds is 2. The number of hydrogen-bond donors (Lipinski definition) is 1. The molecule has 1 aliphatic carbocycles. The van der Waals surface area contributed by atoms with E-state index in [0.29, 0.717) is 24.5 Å². The Balaban J connectivity index is 1.84. The maximum Gasteiger partial charge on any atom is 0.233 e. The van der Waals surface area contributed by atoms with E-state index in [1.807, 2.05) is 36.1 Å². The largest absolute Gasteiger partial charge is 0.393 e. The summed E-state index contributed by atoms with van der Waals surface area (Å²) in [4.78, 5) is 15.0. The van der Waals surface area contributed by atoms with E-state index in [-0.39, 0.29) is 23.3 Å². The fraction of sp³-hybridized carbons (Fsp3) is 0.588. The molecule has 3 rings (SSSR count). The fourth-order valence-electron chi connectivity index (χ4n) is 3.56. The number of piperidine rings is 1. The predicted molar refractivity (Wildman–Crippen MR) is 83.3 cm³/mol. The van der Waals surface area contributed by atoms with Crippen LogP contribution in [0.2, 0.25) is 5.02 Å². The zero-order valence-electron chi connectivity index (χ0n) is 12.4. The van der Waals surface area contributed by atoms with Gasteiger partial charge in [0.1, 0.15) is 0 Å². The number of carbonyl (C=O) groups is 1. The molecule has 2 unspecified atom stereocenters. The zero-order valence-corrected chi connectivity index (χ0v) is 13.1. The van der Waals surface area contributed by atoms with Crippen molar-refractivity contribution in [3.8, 4) is 0 Å². The van der Waals surface area contributed by atoms with Gasteiger partial charge < -0.3 is 10.0 Å². The summed E-state index contributed by atoms with van der Waals surface area (Å²) < 4.78 is 0. The third-order valence-corrected chi connectivity index (χ3v) is 5.38. The molecule has 1 saturated carbocycles. The lowest BCUT2D eigenvalue weighted by atomic mass is 9.63. The SMILES string of the molecule is CC1CN(C(=O)C2(c3cccc(Cl)c3)CCC2)CCC1O. The fourth-order valence-corrected chi connectivity index (χ4v) is 3.75. The number of benzene rings is 1. The first kappa shape index (κ1) is 14.9. The Hall–Kier alpha value is -1.06. The van der Waals surface area contributed by atoms with Crippen LogP contribution in [0.3, 0.4) is 0 Å². The third kappa shape index (κ3) is 2.58. The monoisotopic (exact) mass is 307 g/mol. The maximum absolute atomic E-state index is 13.1. The van der Waals surface area contributed by atoms with E-state index in [2.05, 4.69) is 0 Å². The van der Waals surface area contributed by atoms with E-state index < -0.39 is 0 Å². The van der Waals surface area contributed by atoms with Crippen LogP contribution < -0.4 is 0 Å². The molecule has 3 nitrogen and oxygen atoms in total. The lowest BCUT2D eigenvalue weighted by molar-refractivity contribution is -0.144. The number of nitrogens with zero attached hydrogens (tertiary/aromatic N) is 1. The zero-order chi connectivity index (χ0) is 15.0. The molecule has 2 atom stereocenters. The summed E-state index contributed by atoms with van der Waals surface area (Å²) in [5.74, 6) is 0.369. The first-order chi connectivity index (χ1) is 10.0. The Labute approximate surface area is 130 Å². The lowest BCUT2D eigenvalue weighted by Crippen LogP contribution is -2.55. The Bertz CT molecular complexity index is 541. The molecule has 1 amide bonds. The van der Waals surface area contributed by atoms with Gasteiger partial charge in [-0.3, -0.25) is 4.79 Å². The van der Waals surface area contributed by atoms with Gasteiger partial charge in [0.15, 0.2) is 0 Å². The third-order valence-electron chi connectivity index (χ3n) is 5.14. The predicted octanol–water partition coefficient (Wildman–Crippen LogP) is 2.99. The van der Waals surface area contributed by atoms with Crippen LogP contribution in [0.15, 0.2) is 24.3 Å². The number of halogens is 1. The van der Waals surface area contributed by atoms with Crippen LogP contribution in [0.25, 0.3) is 0 Å². The van der Waals surface area contributed by atoms with Crippen molar-refractivity contribution >= 4 is 17.5 Å². The topological polar surface area (TPSA) is 40.5 Å².